The molecule has 0 radical (unpaired) electrons. The first-order valence-electron chi connectivity index (χ1n) is 6.92. The molecule has 1 aliphatic rings. The molecule has 2 unspecified atom stereocenters. The Morgan fingerprint density at radius 2 is 2.35 bits per heavy atom. The number of halogens is 1. The summed E-state index contributed by atoms with van der Waals surface area (Å²) in [6, 6.07) is 8.92. The second kappa shape index (κ2) is 7.26. The molecular formula is C15H21IN2O2. The molecule has 0 aromatic heterocycles. The van der Waals surface area contributed by atoms with Gasteiger partial charge in [-0.3, -0.25) is 0 Å². The topological polar surface area (TPSA) is 41.6 Å². The van der Waals surface area contributed by atoms with Crippen LogP contribution in [0.3, 0.4) is 0 Å². The summed E-state index contributed by atoms with van der Waals surface area (Å²) in [7, 11) is 3.42. The maximum Gasteiger partial charge on any atom is 0.409 e. The lowest BCUT2D eigenvalue weighted by Gasteiger charge is -2.40. The quantitative estimate of drug-likeness (QED) is 0.810. The molecule has 2 rings (SSSR count). The highest BCUT2D eigenvalue weighted by atomic mass is 127. The van der Waals surface area contributed by atoms with E-state index in [0.29, 0.717) is 6.04 Å². The number of nitrogens with zero attached hydrogens (tertiary/aromatic N) is 1. The van der Waals surface area contributed by atoms with Crippen LogP contribution in [-0.4, -0.2) is 43.8 Å². The van der Waals surface area contributed by atoms with Gasteiger partial charge in [0.05, 0.1) is 13.2 Å². The van der Waals surface area contributed by atoms with Crippen molar-refractivity contribution < 1.29 is 9.53 Å². The molecule has 0 spiro atoms. The van der Waals surface area contributed by atoms with E-state index in [2.05, 4.69) is 52.2 Å². The van der Waals surface area contributed by atoms with Gasteiger partial charge in [-0.15, -0.1) is 0 Å². The molecule has 1 N–H and O–H groups in total. The number of hydrogen-bond donors (Lipinski definition) is 1. The van der Waals surface area contributed by atoms with Crippen LogP contribution in [0.2, 0.25) is 0 Å². The average Bonchev–Trinajstić information content (AvgIpc) is 2.46. The van der Waals surface area contributed by atoms with E-state index in [0.717, 1.165) is 25.8 Å². The SMILES string of the molecule is CNC1CCCN(C(=O)OC)C1Cc1cccc(I)c1. The largest absolute Gasteiger partial charge is 0.453 e. The molecular weight excluding hydrogens is 367 g/mol. The molecule has 0 aliphatic carbocycles. The van der Waals surface area contributed by atoms with Crippen LogP contribution in [-0.2, 0) is 11.2 Å². The number of ether oxygens (including phenoxy) is 1. The Bertz CT molecular complexity index is 467. The third kappa shape index (κ3) is 3.63. The molecule has 1 aromatic carbocycles. The summed E-state index contributed by atoms with van der Waals surface area (Å²) in [5.41, 5.74) is 1.26. The first-order chi connectivity index (χ1) is 9.65. The minimum atomic E-state index is -0.222. The molecule has 1 saturated heterocycles. The Morgan fingerprint density at radius 1 is 1.55 bits per heavy atom. The van der Waals surface area contributed by atoms with E-state index in [1.54, 1.807) is 0 Å². The number of carbonyl (C=O) groups is 1. The summed E-state index contributed by atoms with van der Waals surface area (Å²) in [6.45, 7) is 0.777. The van der Waals surface area contributed by atoms with Gasteiger partial charge < -0.3 is 15.0 Å². The van der Waals surface area contributed by atoms with Gasteiger partial charge in [-0.1, -0.05) is 12.1 Å². The number of methoxy groups -OCH3 is 1. The normalized spacial score (nSPS) is 22.6. The fraction of sp³-hybridized carbons (Fsp3) is 0.533. The molecule has 5 heteroatoms. The summed E-state index contributed by atoms with van der Waals surface area (Å²) in [6.07, 6.45) is 2.75. The fourth-order valence-corrected chi connectivity index (χ4v) is 3.50. The Kier molecular flexibility index (Phi) is 5.65. The molecule has 0 saturated carbocycles. The highest BCUT2D eigenvalue weighted by molar-refractivity contribution is 14.1. The van der Waals surface area contributed by atoms with E-state index >= 15 is 0 Å². The van der Waals surface area contributed by atoms with Crippen LogP contribution < -0.4 is 5.32 Å². The molecule has 1 heterocycles. The molecule has 110 valence electrons. The van der Waals surface area contributed by atoms with Gasteiger partial charge in [-0.25, -0.2) is 4.79 Å². The monoisotopic (exact) mass is 388 g/mol. The highest BCUT2D eigenvalue weighted by Crippen LogP contribution is 2.22. The molecule has 1 aromatic rings. The molecule has 20 heavy (non-hydrogen) atoms. The highest BCUT2D eigenvalue weighted by Gasteiger charge is 2.34. The second-order valence-corrected chi connectivity index (χ2v) is 6.35. The van der Waals surface area contributed by atoms with Gasteiger partial charge in [-0.2, -0.15) is 0 Å². The van der Waals surface area contributed by atoms with Crippen LogP contribution >= 0.6 is 22.6 Å². The zero-order chi connectivity index (χ0) is 14.5. The van der Waals surface area contributed by atoms with Crippen molar-refractivity contribution in [2.75, 3.05) is 20.7 Å². The number of nitrogens with one attached hydrogen (secondary N) is 1. The van der Waals surface area contributed by atoms with Crippen LogP contribution in [0.25, 0.3) is 0 Å². The van der Waals surface area contributed by atoms with Crippen LogP contribution in [0.1, 0.15) is 18.4 Å². The lowest BCUT2D eigenvalue weighted by atomic mass is 9.91. The maximum absolute atomic E-state index is 12.0. The molecule has 1 amide bonds. The standard InChI is InChI=1S/C15H21IN2O2/c1-17-13-7-4-8-18(15(19)20-2)14(13)10-11-5-3-6-12(16)9-11/h3,5-6,9,13-14,17H,4,7-8,10H2,1-2H3. The van der Waals surface area contributed by atoms with Gasteiger partial charge in [0.25, 0.3) is 0 Å². The smallest absolute Gasteiger partial charge is 0.409 e. The zero-order valence-corrected chi connectivity index (χ0v) is 14.1. The first kappa shape index (κ1) is 15.6. The summed E-state index contributed by atoms with van der Waals surface area (Å²) in [5.74, 6) is 0. The summed E-state index contributed by atoms with van der Waals surface area (Å²) >= 11 is 2.32. The molecule has 2 atom stereocenters. The number of amides is 1. The van der Waals surface area contributed by atoms with Crippen molar-refractivity contribution in [1.82, 2.24) is 10.2 Å². The third-order valence-corrected chi connectivity index (χ3v) is 4.56. The third-order valence-electron chi connectivity index (χ3n) is 3.89. The van der Waals surface area contributed by atoms with Crippen molar-refractivity contribution in [3.8, 4) is 0 Å². The number of piperidine rings is 1. The molecule has 1 aliphatic heterocycles. The lowest BCUT2D eigenvalue weighted by Crippen LogP contribution is -2.56. The maximum atomic E-state index is 12.0. The Morgan fingerprint density at radius 3 is 3.00 bits per heavy atom. The van der Waals surface area contributed by atoms with E-state index in [4.69, 9.17) is 4.74 Å². The van der Waals surface area contributed by atoms with E-state index in [1.165, 1.54) is 16.2 Å². The van der Waals surface area contributed by atoms with E-state index < -0.39 is 0 Å². The van der Waals surface area contributed by atoms with Gasteiger partial charge in [0.2, 0.25) is 0 Å². The minimum Gasteiger partial charge on any atom is -0.453 e. The van der Waals surface area contributed by atoms with Crippen LogP contribution in [0.15, 0.2) is 24.3 Å². The number of rotatable bonds is 3. The van der Waals surface area contributed by atoms with Crippen molar-refractivity contribution in [3.63, 3.8) is 0 Å². The summed E-state index contributed by atoms with van der Waals surface area (Å²) in [5, 5.41) is 3.35. The van der Waals surface area contributed by atoms with Gasteiger partial charge in [-0.05, 0) is 66.6 Å². The molecule has 4 nitrogen and oxygen atoms in total. The van der Waals surface area contributed by atoms with Crippen molar-refractivity contribution >= 4 is 28.7 Å². The van der Waals surface area contributed by atoms with Gasteiger partial charge in [0, 0.05) is 16.2 Å². The number of likely N-dealkylation sites (N-methyl/N-ethyl adjacent to an activating group) is 1. The number of likely N-dealkylation sites (tertiary alicyclic amines) is 1. The number of benzene rings is 1. The van der Waals surface area contributed by atoms with E-state index in [9.17, 15) is 4.79 Å². The second-order valence-electron chi connectivity index (χ2n) is 5.10. The van der Waals surface area contributed by atoms with Gasteiger partial charge in [0.15, 0.2) is 0 Å². The van der Waals surface area contributed by atoms with Crippen molar-refractivity contribution in [3.05, 3.63) is 33.4 Å². The Labute approximate surface area is 134 Å². The molecule has 0 bridgehead atoms. The predicted octanol–water partition coefficient (Wildman–Crippen LogP) is 2.65. The van der Waals surface area contributed by atoms with Crippen molar-refractivity contribution in [2.24, 2.45) is 0 Å². The average molecular weight is 388 g/mol. The van der Waals surface area contributed by atoms with Gasteiger partial charge in [0.1, 0.15) is 0 Å². The van der Waals surface area contributed by atoms with Crippen LogP contribution in [0, 0.1) is 3.57 Å². The summed E-state index contributed by atoms with van der Waals surface area (Å²) < 4.78 is 6.16. The van der Waals surface area contributed by atoms with E-state index in [-0.39, 0.29) is 12.1 Å². The Hall–Kier alpha value is -0.820. The van der Waals surface area contributed by atoms with Crippen LogP contribution in [0.5, 0.6) is 0 Å². The van der Waals surface area contributed by atoms with Crippen molar-refractivity contribution in [1.29, 1.82) is 0 Å². The first-order valence-corrected chi connectivity index (χ1v) is 8.00. The number of carbonyl (C=O) groups excluding carboxylic acids is 1. The van der Waals surface area contributed by atoms with Crippen LogP contribution in [0.4, 0.5) is 4.79 Å². The Balaban J connectivity index is 2.19. The van der Waals surface area contributed by atoms with Crippen molar-refractivity contribution in [2.45, 2.75) is 31.3 Å². The van der Waals surface area contributed by atoms with E-state index in [1.807, 2.05) is 11.9 Å². The summed E-state index contributed by atoms with van der Waals surface area (Å²) in [4.78, 5) is 13.8. The lowest BCUT2D eigenvalue weighted by molar-refractivity contribution is 0.0767. The van der Waals surface area contributed by atoms with Gasteiger partial charge >= 0.3 is 6.09 Å². The zero-order valence-electron chi connectivity index (χ0n) is 11.9. The minimum absolute atomic E-state index is 0.152. The predicted molar refractivity (Wildman–Crippen MR) is 87.8 cm³/mol. The number of hydrogen-bond acceptors (Lipinski definition) is 3. The molecule has 1 fully saturated rings. The fourth-order valence-electron chi connectivity index (χ4n) is 2.90.